The van der Waals surface area contributed by atoms with Crippen molar-refractivity contribution in [1.29, 1.82) is 0 Å². The first-order valence-electron chi connectivity index (χ1n) is 9.38. The third-order valence-electron chi connectivity index (χ3n) is 5.30. The molecule has 2 amide bonds. The number of carbonyl (C=O) groups excluding carboxylic acids is 2. The lowest BCUT2D eigenvalue weighted by Gasteiger charge is -2.41. The van der Waals surface area contributed by atoms with E-state index in [9.17, 15) is 9.59 Å². The number of aromatic nitrogens is 1. The van der Waals surface area contributed by atoms with Crippen molar-refractivity contribution in [2.45, 2.75) is 32.2 Å². The van der Waals surface area contributed by atoms with Crippen LogP contribution < -0.4 is 5.32 Å². The van der Waals surface area contributed by atoms with E-state index >= 15 is 0 Å². The number of halogens is 2. The van der Waals surface area contributed by atoms with Gasteiger partial charge in [0.1, 0.15) is 5.76 Å². The summed E-state index contributed by atoms with van der Waals surface area (Å²) >= 11 is 1.59. The second-order valence-corrected chi connectivity index (χ2v) is 7.89. The Hall–Kier alpha value is -1.61. The first kappa shape index (κ1) is 23.7. The van der Waals surface area contributed by atoms with Gasteiger partial charge in [0, 0.05) is 43.2 Å². The van der Waals surface area contributed by atoms with Crippen LogP contribution in [0.4, 0.5) is 0 Å². The van der Waals surface area contributed by atoms with Crippen LogP contribution in [-0.2, 0) is 16.0 Å². The maximum Gasteiger partial charge on any atom is 0.236 e. The van der Waals surface area contributed by atoms with Crippen molar-refractivity contribution in [3.05, 3.63) is 28.3 Å². The molecule has 2 aromatic rings. The van der Waals surface area contributed by atoms with Gasteiger partial charge >= 0.3 is 0 Å². The number of nitrogens with zero attached hydrogens (tertiary/aromatic N) is 3. The SMILES string of the molecule is Cc1oc(-c2ccsc2)nc1CC(=O)N1CCCC(N2CCNCC2=O)C1.Cl.Cl. The van der Waals surface area contributed by atoms with E-state index in [0.717, 1.165) is 38.0 Å². The average molecular weight is 461 g/mol. The maximum absolute atomic E-state index is 12.9. The second kappa shape index (κ2) is 10.4. The summed E-state index contributed by atoms with van der Waals surface area (Å²) in [4.78, 5) is 33.4. The fourth-order valence-corrected chi connectivity index (χ4v) is 4.43. The Morgan fingerprint density at radius 1 is 1.38 bits per heavy atom. The summed E-state index contributed by atoms with van der Waals surface area (Å²) in [7, 11) is 0. The maximum atomic E-state index is 12.9. The molecule has 4 rings (SSSR count). The Bertz CT molecular complexity index is 828. The van der Waals surface area contributed by atoms with Gasteiger partial charge in [-0.25, -0.2) is 4.98 Å². The number of thiophene rings is 1. The van der Waals surface area contributed by atoms with Gasteiger partial charge < -0.3 is 19.5 Å². The summed E-state index contributed by atoms with van der Waals surface area (Å²) in [6, 6.07) is 2.08. The second-order valence-electron chi connectivity index (χ2n) is 7.11. The van der Waals surface area contributed by atoms with E-state index in [0.29, 0.717) is 30.4 Å². The summed E-state index contributed by atoms with van der Waals surface area (Å²) < 4.78 is 5.74. The molecule has 2 aliphatic rings. The number of piperazine rings is 1. The number of aryl methyl sites for hydroxylation is 1. The number of carbonyl (C=O) groups is 2. The summed E-state index contributed by atoms with van der Waals surface area (Å²) in [5, 5.41) is 7.06. The van der Waals surface area contributed by atoms with Gasteiger partial charge in [-0.05, 0) is 31.2 Å². The van der Waals surface area contributed by atoms with Crippen molar-refractivity contribution in [1.82, 2.24) is 20.1 Å². The third-order valence-corrected chi connectivity index (χ3v) is 5.98. The Morgan fingerprint density at radius 3 is 2.93 bits per heavy atom. The summed E-state index contributed by atoms with van der Waals surface area (Å²) in [5.41, 5.74) is 1.64. The van der Waals surface area contributed by atoms with E-state index in [1.807, 2.05) is 33.6 Å². The molecular formula is C19H26Cl2N4O3S. The highest BCUT2D eigenvalue weighted by Crippen LogP contribution is 2.25. The number of piperidine rings is 1. The first-order chi connectivity index (χ1) is 13.1. The van der Waals surface area contributed by atoms with Crippen molar-refractivity contribution >= 4 is 48.0 Å². The Morgan fingerprint density at radius 2 is 2.21 bits per heavy atom. The minimum absolute atomic E-state index is 0. The van der Waals surface area contributed by atoms with Gasteiger partial charge in [0.15, 0.2) is 0 Å². The number of hydrogen-bond acceptors (Lipinski definition) is 6. The van der Waals surface area contributed by atoms with E-state index in [1.54, 1.807) is 11.3 Å². The molecule has 1 unspecified atom stereocenters. The van der Waals surface area contributed by atoms with E-state index in [4.69, 9.17) is 4.42 Å². The summed E-state index contributed by atoms with van der Waals surface area (Å²) in [5.74, 6) is 1.44. The van der Waals surface area contributed by atoms with E-state index in [2.05, 4.69) is 10.3 Å². The number of nitrogens with one attached hydrogen (secondary N) is 1. The lowest BCUT2D eigenvalue weighted by molar-refractivity contribution is -0.140. The lowest BCUT2D eigenvalue weighted by atomic mass is 10.0. The molecule has 1 atom stereocenters. The molecule has 7 nitrogen and oxygen atoms in total. The van der Waals surface area contributed by atoms with Gasteiger partial charge in [-0.2, -0.15) is 11.3 Å². The van der Waals surface area contributed by atoms with Crippen LogP contribution in [-0.4, -0.2) is 65.4 Å². The van der Waals surface area contributed by atoms with Crippen LogP contribution in [0.25, 0.3) is 11.5 Å². The number of rotatable bonds is 4. The highest BCUT2D eigenvalue weighted by atomic mass is 35.5. The molecule has 2 aromatic heterocycles. The normalized spacial score (nSPS) is 19.5. The van der Waals surface area contributed by atoms with Crippen LogP contribution in [0.5, 0.6) is 0 Å². The number of amides is 2. The molecule has 0 bridgehead atoms. The fourth-order valence-electron chi connectivity index (χ4n) is 3.80. The summed E-state index contributed by atoms with van der Waals surface area (Å²) in [6.45, 7) is 5.14. The van der Waals surface area contributed by atoms with Crippen molar-refractivity contribution in [3.63, 3.8) is 0 Å². The highest BCUT2D eigenvalue weighted by Gasteiger charge is 2.32. The van der Waals surface area contributed by atoms with Crippen LogP contribution in [0.2, 0.25) is 0 Å². The first-order valence-corrected chi connectivity index (χ1v) is 10.3. The largest absolute Gasteiger partial charge is 0.441 e. The number of likely N-dealkylation sites (tertiary alicyclic amines) is 1. The van der Waals surface area contributed by atoms with Crippen molar-refractivity contribution in [2.75, 3.05) is 32.7 Å². The standard InChI is InChI=1S/C19H24N4O3S.2ClH/c1-13-16(21-19(26-13)14-4-8-27-12-14)9-17(24)22-6-2-3-15(11-22)23-7-5-20-10-18(23)25;;/h4,8,12,15,20H,2-3,5-7,9-11H2,1H3;2*1H. The predicted octanol–water partition coefficient (Wildman–Crippen LogP) is 2.52. The molecule has 0 saturated carbocycles. The monoisotopic (exact) mass is 460 g/mol. The Kier molecular flexibility index (Phi) is 8.51. The zero-order chi connectivity index (χ0) is 18.8. The molecule has 0 radical (unpaired) electrons. The van der Waals surface area contributed by atoms with Crippen LogP contribution in [0, 0.1) is 6.92 Å². The molecule has 10 heteroatoms. The molecule has 160 valence electrons. The minimum Gasteiger partial charge on any atom is -0.441 e. The molecule has 2 saturated heterocycles. The third kappa shape index (κ3) is 5.31. The average Bonchev–Trinajstić information content (AvgIpc) is 3.33. The fraction of sp³-hybridized carbons (Fsp3) is 0.526. The molecule has 0 aliphatic carbocycles. The van der Waals surface area contributed by atoms with E-state index in [1.165, 1.54) is 0 Å². The van der Waals surface area contributed by atoms with Crippen molar-refractivity contribution in [2.24, 2.45) is 0 Å². The van der Waals surface area contributed by atoms with Gasteiger partial charge in [-0.3, -0.25) is 9.59 Å². The minimum atomic E-state index is 0. The predicted molar refractivity (Wildman–Crippen MR) is 117 cm³/mol. The molecule has 4 heterocycles. The molecule has 1 N–H and O–H groups in total. The van der Waals surface area contributed by atoms with Crippen LogP contribution >= 0.6 is 36.2 Å². The Balaban J connectivity index is 0.00000150. The van der Waals surface area contributed by atoms with Gasteiger partial charge in [0.25, 0.3) is 0 Å². The molecule has 29 heavy (non-hydrogen) atoms. The number of hydrogen-bond donors (Lipinski definition) is 1. The van der Waals surface area contributed by atoms with E-state index < -0.39 is 0 Å². The van der Waals surface area contributed by atoms with Crippen LogP contribution in [0.15, 0.2) is 21.2 Å². The van der Waals surface area contributed by atoms with Crippen molar-refractivity contribution < 1.29 is 14.0 Å². The Labute approximate surface area is 186 Å². The molecule has 2 fully saturated rings. The smallest absolute Gasteiger partial charge is 0.236 e. The van der Waals surface area contributed by atoms with Gasteiger partial charge in [0.05, 0.1) is 18.7 Å². The zero-order valence-corrected chi connectivity index (χ0v) is 18.7. The topological polar surface area (TPSA) is 78.7 Å². The van der Waals surface area contributed by atoms with Crippen LogP contribution in [0.1, 0.15) is 24.3 Å². The summed E-state index contributed by atoms with van der Waals surface area (Å²) in [6.07, 6.45) is 2.12. The molecular weight excluding hydrogens is 435 g/mol. The highest BCUT2D eigenvalue weighted by molar-refractivity contribution is 7.08. The lowest BCUT2D eigenvalue weighted by Crippen LogP contribution is -2.57. The number of oxazole rings is 1. The molecule has 0 aromatic carbocycles. The van der Waals surface area contributed by atoms with Gasteiger partial charge in [0.2, 0.25) is 17.7 Å². The molecule has 2 aliphatic heterocycles. The molecule has 0 spiro atoms. The van der Waals surface area contributed by atoms with Gasteiger partial charge in [-0.1, -0.05) is 0 Å². The van der Waals surface area contributed by atoms with E-state index in [-0.39, 0.29) is 49.1 Å². The van der Waals surface area contributed by atoms with Gasteiger partial charge in [-0.15, -0.1) is 24.8 Å². The quantitative estimate of drug-likeness (QED) is 0.757. The van der Waals surface area contributed by atoms with Crippen molar-refractivity contribution in [3.8, 4) is 11.5 Å². The zero-order valence-electron chi connectivity index (χ0n) is 16.3. The van der Waals surface area contributed by atoms with Crippen LogP contribution in [0.3, 0.4) is 0 Å².